The Labute approximate surface area is 191 Å². The average Bonchev–Trinajstić information content (AvgIpc) is 3.53. The highest BCUT2D eigenvalue weighted by molar-refractivity contribution is 7.93. The fourth-order valence-corrected chi connectivity index (χ4v) is 4.28. The van der Waals surface area contributed by atoms with Crippen molar-refractivity contribution in [3.63, 3.8) is 0 Å². The molecule has 0 atom stereocenters. The van der Waals surface area contributed by atoms with Crippen LogP contribution in [0, 0.1) is 0 Å². The molecule has 0 saturated heterocycles. The normalized spacial score (nSPS) is 12.0. The number of sulfonamides is 1. The number of nitrogens with one attached hydrogen (secondary N) is 1. The Morgan fingerprint density at radius 2 is 1.82 bits per heavy atom. The fraction of sp³-hybridized carbons (Fsp3) is 0.174. The van der Waals surface area contributed by atoms with E-state index in [0.717, 1.165) is 33.5 Å². The summed E-state index contributed by atoms with van der Waals surface area (Å²) in [5.74, 6) is 0. The minimum Gasteiger partial charge on any atom is -0.299 e. The lowest BCUT2D eigenvalue weighted by Crippen LogP contribution is -2.22. The lowest BCUT2D eigenvalue weighted by molar-refractivity contribution is 0.593. The van der Waals surface area contributed by atoms with Crippen molar-refractivity contribution in [2.24, 2.45) is 7.05 Å². The molecular formula is C23H23N7O2S. The quantitative estimate of drug-likeness (QED) is 0.415. The van der Waals surface area contributed by atoms with Gasteiger partial charge in [0.25, 0.3) is 0 Å². The predicted molar refractivity (Wildman–Crippen MR) is 128 cm³/mol. The van der Waals surface area contributed by atoms with Crippen LogP contribution in [-0.4, -0.2) is 42.8 Å². The maximum absolute atomic E-state index is 12.5. The summed E-state index contributed by atoms with van der Waals surface area (Å²) in [7, 11) is -1.63. The Kier molecular flexibility index (Phi) is 5.01. The van der Waals surface area contributed by atoms with Gasteiger partial charge in [-0.2, -0.15) is 10.2 Å². The molecule has 33 heavy (non-hydrogen) atoms. The van der Waals surface area contributed by atoms with Crippen LogP contribution in [0.1, 0.15) is 13.8 Å². The molecule has 0 aliphatic heterocycles. The van der Waals surface area contributed by atoms with Gasteiger partial charge in [-0.25, -0.2) is 18.1 Å². The van der Waals surface area contributed by atoms with Crippen LogP contribution in [0.4, 0.5) is 5.69 Å². The lowest BCUT2D eigenvalue weighted by atomic mass is 10.1. The van der Waals surface area contributed by atoms with Crippen LogP contribution >= 0.6 is 0 Å². The van der Waals surface area contributed by atoms with Crippen LogP contribution in [0.3, 0.4) is 0 Å². The van der Waals surface area contributed by atoms with Crippen LogP contribution in [-0.2, 0) is 17.1 Å². The van der Waals surface area contributed by atoms with Crippen molar-refractivity contribution in [1.82, 2.24) is 29.1 Å². The molecule has 0 amide bonds. The number of aromatic nitrogens is 6. The molecule has 5 aromatic rings. The Balaban J connectivity index is 1.62. The zero-order valence-corrected chi connectivity index (χ0v) is 19.2. The van der Waals surface area contributed by atoms with Crippen molar-refractivity contribution in [2.45, 2.75) is 19.1 Å². The van der Waals surface area contributed by atoms with Gasteiger partial charge in [-0.15, -0.1) is 0 Å². The van der Waals surface area contributed by atoms with E-state index in [4.69, 9.17) is 0 Å². The summed E-state index contributed by atoms with van der Waals surface area (Å²) in [6.45, 7) is 3.29. The van der Waals surface area contributed by atoms with Gasteiger partial charge in [0.05, 0.1) is 39.5 Å². The molecule has 168 valence electrons. The third-order valence-electron chi connectivity index (χ3n) is 5.42. The van der Waals surface area contributed by atoms with Crippen molar-refractivity contribution in [3.05, 3.63) is 73.6 Å². The van der Waals surface area contributed by atoms with Gasteiger partial charge in [0.2, 0.25) is 10.0 Å². The number of rotatable bonds is 6. The minimum atomic E-state index is -3.51. The smallest absolute Gasteiger partial charge is 0.235 e. The maximum Gasteiger partial charge on any atom is 0.235 e. The molecule has 2 aromatic carbocycles. The second kappa shape index (κ2) is 7.89. The first-order chi connectivity index (χ1) is 15.8. The highest BCUT2D eigenvalue weighted by Crippen LogP contribution is 2.28. The first-order valence-corrected chi connectivity index (χ1v) is 12.0. The Morgan fingerprint density at radius 3 is 2.52 bits per heavy atom. The molecule has 3 heterocycles. The van der Waals surface area contributed by atoms with Crippen molar-refractivity contribution in [2.75, 3.05) is 4.72 Å². The number of hydrogen-bond donors (Lipinski definition) is 1. The standard InChI is InChI=1S/C23H23N7O2S/c1-16(2)33(31,32)27-19-10-20(12-21(11-19)30-8-4-7-25-30)29-15-24-22-9-17(5-6-23(22)29)18-13-26-28(3)14-18/h4-16,27H,1-3H3. The van der Waals surface area contributed by atoms with E-state index in [1.165, 1.54) is 0 Å². The topological polar surface area (TPSA) is 99.6 Å². The van der Waals surface area contributed by atoms with E-state index >= 15 is 0 Å². The molecule has 0 bridgehead atoms. The summed E-state index contributed by atoms with van der Waals surface area (Å²) < 4.78 is 33.1. The molecule has 0 spiro atoms. The summed E-state index contributed by atoms with van der Waals surface area (Å²) in [5.41, 5.74) is 5.72. The molecule has 0 radical (unpaired) electrons. The minimum absolute atomic E-state index is 0.459. The number of nitrogens with zero attached hydrogens (tertiary/aromatic N) is 6. The van der Waals surface area contributed by atoms with Gasteiger partial charge in [-0.3, -0.25) is 14.0 Å². The molecule has 9 nitrogen and oxygen atoms in total. The average molecular weight is 462 g/mol. The van der Waals surface area contributed by atoms with Crippen molar-refractivity contribution >= 4 is 26.7 Å². The molecule has 0 aliphatic rings. The Bertz CT molecular complexity index is 1550. The Hall–Kier alpha value is -3.92. The van der Waals surface area contributed by atoms with Crippen LogP contribution in [0.5, 0.6) is 0 Å². The zero-order chi connectivity index (χ0) is 23.2. The first-order valence-electron chi connectivity index (χ1n) is 10.4. The van der Waals surface area contributed by atoms with E-state index in [1.54, 1.807) is 47.9 Å². The Morgan fingerprint density at radius 1 is 1.00 bits per heavy atom. The monoisotopic (exact) mass is 461 g/mol. The summed E-state index contributed by atoms with van der Waals surface area (Å²) in [6.07, 6.45) is 9.00. The van der Waals surface area contributed by atoms with Crippen LogP contribution < -0.4 is 4.72 Å². The van der Waals surface area contributed by atoms with Crippen LogP contribution in [0.15, 0.2) is 73.6 Å². The van der Waals surface area contributed by atoms with Gasteiger partial charge in [-0.05, 0) is 55.8 Å². The van der Waals surface area contributed by atoms with E-state index < -0.39 is 15.3 Å². The molecule has 3 aromatic heterocycles. The van der Waals surface area contributed by atoms with Gasteiger partial charge < -0.3 is 0 Å². The summed E-state index contributed by atoms with van der Waals surface area (Å²) in [4.78, 5) is 4.59. The van der Waals surface area contributed by atoms with Crippen LogP contribution in [0.25, 0.3) is 33.5 Å². The number of fused-ring (bicyclic) bond motifs is 1. The molecule has 0 saturated carbocycles. The number of aryl methyl sites for hydroxylation is 1. The highest BCUT2D eigenvalue weighted by Gasteiger charge is 2.17. The van der Waals surface area contributed by atoms with E-state index in [1.807, 2.05) is 60.5 Å². The lowest BCUT2D eigenvalue weighted by Gasteiger charge is -2.15. The molecular weight excluding hydrogens is 438 g/mol. The summed E-state index contributed by atoms with van der Waals surface area (Å²) in [5, 5.41) is 7.97. The third kappa shape index (κ3) is 4.00. The molecule has 0 unspecified atom stereocenters. The first kappa shape index (κ1) is 21.0. The zero-order valence-electron chi connectivity index (χ0n) is 18.4. The van der Waals surface area contributed by atoms with Crippen molar-refractivity contribution in [3.8, 4) is 22.5 Å². The van der Waals surface area contributed by atoms with Crippen LogP contribution in [0.2, 0.25) is 0 Å². The van der Waals surface area contributed by atoms with Gasteiger partial charge in [-0.1, -0.05) is 6.07 Å². The SMILES string of the molecule is CC(C)S(=O)(=O)Nc1cc(-n2cccn2)cc(-n2cnc3cc(-c4cnn(C)c4)ccc32)c1. The van der Waals surface area contributed by atoms with E-state index in [-0.39, 0.29) is 0 Å². The molecule has 5 rings (SSSR count). The summed E-state index contributed by atoms with van der Waals surface area (Å²) >= 11 is 0. The number of hydrogen-bond acceptors (Lipinski definition) is 5. The molecule has 1 N–H and O–H groups in total. The fourth-order valence-electron chi connectivity index (χ4n) is 3.60. The van der Waals surface area contributed by atoms with Gasteiger partial charge >= 0.3 is 0 Å². The number of benzene rings is 2. The van der Waals surface area contributed by atoms with Crippen molar-refractivity contribution < 1.29 is 8.42 Å². The van der Waals surface area contributed by atoms with E-state index in [0.29, 0.717) is 5.69 Å². The van der Waals surface area contributed by atoms with Gasteiger partial charge in [0, 0.05) is 31.2 Å². The molecule has 0 aliphatic carbocycles. The number of anilines is 1. The molecule has 10 heteroatoms. The molecule has 0 fully saturated rings. The second-order valence-electron chi connectivity index (χ2n) is 8.11. The van der Waals surface area contributed by atoms with Gasteiger partial charge in [0.1, 0.15) is 6.33 Å². The highest BCUT2D eigenvalue weighted by atomic mass is 32.2. The van der Waals surface area contributed by atoms with E-state index in [2.05, 4.69) is 19.9 Å². The maximum atomic E-state index is 12.5. The van der Waals surface area contributed by atoms with E-state index in [9.17, 15) is 8.42 Å². The largest absolute Gasteiger partial charge is 0.299 e. The third-order valence-corrected chi connectivity index (χ3v) is 7.18. The predicted octanol–water partition coefficient (Wildman–Crippen LogP) is 3.76. The summed E-state index contributed by atoms with van der Waals surface area (Å²) in [6, 6.07) is 13.4. The van der Waals surface area contributed by atoms with Gasteiger partial charge in [0.15, 0.2) is 0 Å². The second-order valence-corrected chi connectivity index (χ2v) is 10.3. The number of imidazole rings is 1. The van der Waals surface area contributed by atoms with Crippen molar-refractivity contribution in [1.29, 1.82) is 0 Å².